The normalized spacial score (nSPS) is 14.9. The van der Waals surface area contributed by atoms with E-state index in [4.69, 9.17) is 21.3 Å². The first-order valence-corrected chi connectivity index (χ1v) is 14.4. The van der Waals surface area contributed by atoms with Crippen molar-refractivity contribution in [1.82, 2.24) is 24.8 Å². The van der Waals surface area contributed by atoms with Crippen molar-refractivity contribution in [2.75, 3.05) is 69.7 Å². The first-order chi connectivity index (χ1) is 18.9. The van der Waals surface area contributed by atoms with Crippen LogP contribution < -0.4 is 10.2 Å². The Hall–Kier alpha value is -2.72. The van der Waals surface area contributed by atoms with Crippen molar-refractivity contribution in [3.05, 3.63) is 35.5 Å². The molecule has 1 aromatic carbocycles. The Labute approximate surface area is 236 Å². The van der Waals surface area contributed by atoms with Crippen LogP contribution in [-0.4, -0.2) is 103 Å². The maximum Gasteiger partial charge on any atom is 0.180 e. The number of aromatic amines is 1. The molecule has 1 aliphatic rings. The van der Waals surface area contributed by atoms with E-state index in [-0.39, 0.29) is 0 Å². The summed E-state index contributed by atoms with van der Waals surface area (Å²) in [5.74, 6) is 0.738. The highest BCUT2D eigenvalue weighted by atomic mass is 35.5. The number of halogens is 1. The van der Waals surface area contributed by atoms with Crippen molar-refractivity contribution >= 4 is 40.4 Å². The van der Waals surface area contributed by atoms with Crippen molar-refractivity contribution in [2.24, 2.45) is 0 Å². The quantitative estimate of drug-likeness (QED) is 0.221. The maximum atomic E-state index is 11.4. The van der Waals surface area contributed by atoms with E-state index in [0.717, 1.165) is 86.7 Å². The van der Waals surface area contributed by atoms with Gasteiger partial charge in [0.25, 0.3) is 0 Å². The Bertz CT molecular complexity index is 1190. The van der Waals surface area contributed by atoms with E-state index < -0.39 is 0 Å². The number of H-pyrrole nitrogens is 1. The number of aldehydes is 1. The van der Waals surface area contributed by atoms with E-state index >= 15 is 0 Å². The second kappa shape index (κ2) is 14.1. The van der Waals surface area contributed by atoms with Gasteiger partial charge in [0.1, 0.15) is 17.6 Å². The molecule has 2 N–H and O–H groups in total. The Morgan fingerprint density at radius 1 is 1.21 bits per heavy atom. The van der Waals surface area contributed by atoms with Gasteiger partial charge in [0, 0.05) is 62.7 Å². The average Bonchev–Trinajstić information content (AvgIpc) is 3.38. The van der Waals surface area contributed by atoms with Crippen LogP contribution >= 0.6 is 11.6 Å². The highest BCUT2D eigenvalue weighted by Gasteiger charge is 2.23. The zero-order valence-corrected chi connectivity index (χ0v) is 24.4. The zero-order valence-electron chi connectivity index (χ0n) is 23.6. The minimum absolute atomic E-state index is 0.344. The Kier molecular flexibility index (Phi) is 10.6. The van der Waals surface area contributed by atoms with Crippen LogP contribution in [0.3, 0.4) is 0 Å². The molecule has 0 saturated carbocycles. The Morgan fingerprint density at radius 3 is 2.62 bits per heavy atom. The number of pyridine rings is 1. The largest absolute Gasteiger partial charge is 0.380 e. The molecule has 0 bridgehead atoms. The third-order valence-electron chi connectivity index (χ3n) is 7.46. The fourth-order valence-electron chi connectivity index (χ4n) is 4.99. The smallest absolute Gasteiger partial charge is 0.180 e. The molecule has 0 radical (unpaired) electrons. The minimum Gasteiger partial charge on any atom is -0.380 e. The van der Waals surface area contributed by atoms with Gasteiger partial charge in [0.2, 0.25) is 0 Å². The number of likely N-dealkylation sites (tertiary alicyclic amines) is 1. The number of rotatable bonds is 14. The highest BCUT2D eigenvalue weighted by Crippen LogP contribution is 2.32. The number of aromatic nitrogens is 3. The van der Waals surface area contributed by atoms with Crippen molar-refractivity contribution < 1.29 is 9.53 Å². The Balaban J connectivity index is 1.45. The van der Waals surface area contributed by atoms with Gasteiger partial charge in [-0.05, 0) is 64.9 Å². The number of hydrogen-bond acceptors (Lipinski definition) is 8. The third-order valence-corrected chi connectivity index (χ3v) is 7.74. The summed E-state index contributed by atoms with van der Waals surface area (Å²) in [6.45, 7) is 12.9. The van der Waals surface area contributed by atoms with Crippen LogP contribution in [0.15, 0.2) is 30.5 Å². The van der Waals surface area contributed by atoms with Crippen molar-refractivity contribution in [3.63, 3.8) is 0 Å². The molecule has 0 amide bonds. The van der Waals surface area contributed by atoms with E-state index in [0.29, 0.717) is 35.9 Å². The second-order valence-corrected chi connectivity index (χ2v) is 10.9. The molecule has 9 nitrogen and oxygen atoms in total. The van der Waals surface area contributed by atoms with Crippen molar-refractivity contribution in [1.29, 1.82) is 0 Å². The van der Waals surface area contributed by atoms with Crippen LogP contribution in [-0.2, 0) is 9.53 Å². The lowest BCUT2D eigenvalue weighted by Gasteiger charge is -2.35. The number of fused-ring (bicyclic) bond motifs is 1. The number of anilines is 2. The first kappa shape index (κ1) is 29.3. The summed E-state index contributed by atoms with van der Waals surface area (Å²) >= 11 is 6.60. The van der Waals surface area contributed by atoms with E-state index in [1.165, 1.54) is 0 Å². The number of hydrogen-bond donors (Lipinski definition) is 2. The summed E-state index contributed by atoms with van der Waals surface area (Å²) in [4.78, 5) is 30.9. The SMILES string of the molecule is CCOCCN(C)CCN(CC=O)c1ccc(-c2nc3ncc(Cl)c(NC4CCN(C(C)C)CC4)c3[nH]2)cc1. The lowest BCUT2D eigenvalue weighted by molar-refractivity contribution is -0.106. The molecule has 0 aliphatic carbocycles. The predicted molar refractivity (Wildman–Crippen MR) is 160 cm³/mol. The number of nitrogens with one attached hydrogen (secondary N) is 2. The fraction of sp³-hybridized carbons (Fsp3) is 0.552. The number of piperidine rings is 1. The number of carbonyl (C=O) groups is 1. The van der Waals surface area contributed by atoms with Crippen molar-refractivity contribution in [2.45, 2.75) is 45.7 Å². The van der Waals surface area contributed by atoms with Gasteiger partial charge in [-0.25, -0.2) is 9.97 Å². The molecular weight excluding hydrogens is 514 g/mol. The van der Waals surface area contributed by atoms with Crippen LogP contribution in [0.4, 0.5) is 11.4 Å². The van der Waals surface area contributed by atoms with Gasteiger partial charge < -0.3 is 34.5 Å². The lowest BCUT2D eigenvalue weighted by atomic mass is 10.0. The van der Waals surface area contributed by atoms with Gasteiger partial charge in [-0.15, -0.1) is 0 Å². The van der Waals surface area contributed by atoms with Crippen LogP contribution in [0, 0.1) is 0 Å². The van der Waals surface area contributed by atoms with E-state index in [9.17, 15) is 4.79 Å². The number of imidazole rings is 1. The molecule has 1 fully saturated rings. The maximum absolute atomic E-state index is 11.4. The topological polar surface area (TPSA) is 89.6 Å². The summed E-state index contributed by atoms with van der Waals surface area (Å²) in [7, 11) is 2.07. The van der Waals surface area contributed by atoms with E-state index in [2.05, 4.69) is 50.9 Å². The minimum atomic E-state index is 0.344. The molecule has 2 aromatic heterocycles. The van der Waals surface area contributed by atoms with Gasteiger partial charge >= 0.3 is 0 Å². The molecule has 10 heteroatoms. The number of likely N-dealkylation sites (N-methyl/N-ethyl adjacent to an activating group) is 1. The zero-order chi connectivity index (χ0) is 27.8. The fourth-order valence-corrected chi connectivity index (χ4v) is 5.19. The standard InChI is InChI=1S/C29H42ClN7O2/c1-5-39-19-17-35(4)14-15-37(16-18-38)24-8-6-22(7-9-24)28-33-27-26(25(30)20-31-29(27)34-28)32-23-10-12-36(13-11-23)21(2)3/h6-9,18,20-21,23H,5,10-17,19H2,1-4H3,(H2,31,32,33,34). The van der Waals surface area contributed by atoms with Gasteiger partial charge in [0.05, 0.1) is 30.1 Å². The molecule has 4 rings (SSSR count). The van der Waals surface area contributed by atoms with Crippen LogP contribution in [0.1, 0.15) is 33.6 Å². The summed E-state index contributed by atoms with van der Waals surface area (Å²) in [5.41, 5.74) is 4.27. The molecule has 0 spiro atoms. The monoisotopic (exact) mass is 555 g/mol. The summed E-state index contributed by atoms with van der Waals surface area (Å²) in [5, 5.41) is 4.26. The number of nitrogens with zero attached hydrogens (tertiary/aromatic N) is 5. The summed E-state index contributed by atoms with van der Waals surface area (Å²) in [6, 6.07) is 9.06. The predicted octanol–water partition coefficient (Wildman–Crippen LogP) is 4.54. The van der Waals surface area contributed by atoms with Crippen LogP contribution in [0.2, 0.25) is 5.02 Å². The van der Waals surface area contributed by atoms with Gasteiger partial charge in [0.15, 0.2) is 5.65 Å². The second-order valence-electron chi connectivity index (χ2n) is 10.5. The number of benzene rings is 1. The third kappa shape index (κ3) is 7.69. The van der Waals surface area contributed by atoms with Gasteiger partial charge in [-0.3, -0.25) is 0 Å². The Morgan fingerprint density at radius 2 is 1.95 bits per heavy atom. The molecule has 1 saturated heterocycles. The molecule has 0 unspecified atom stereocenters. The van der Waals surface area contributed by atoms with Crippen molar-refractivity contribution in [3.8, 4) is 11.4 Å². The molecular formula is C29H42ClN7O2. The molecule has 3 aromatic rings. The molecule has 1 aliphatic heterocycles. The summed E-state index contributed by atoms with van der Waals surface area (Å²) in [6.07, 6.45) is 4.76. The molecule has 212 valence electrons. The average molecular weight is 556 g/mol. The highest BCUT2D eigenvalue weighted by molar-refractivity contribution is 6.34. The number of carbonyl (C=O) groups excluding carboxylic acids is 1. The molecule has 3 heterocycles. The first-order valence-electron chi connectivity index (χ1n) is 14.0. The van der Waals surface area contributed by atoms with E-state index in [1.54, 1.807) is 6.20 Å². The number of ether oxygens (including phenoxy) is 1. The van der Waals surface area contributed by atoms with E-state index in [1.807, 2.05) is 31.2 Å². The molecule has 0 atom stereocenters. The van der Waals surface area contributed by atoms with Gasteiger partial charge in [-0.1, -0.05) is 11.6 Å². The molecule has 39 heavy (non-hydrogen) atoms. The van der Waals surface area contributed by atoms with Crippen LogP contribution in [0.5, 0.6) is 0 Å². The lowest BCUT2D eigenvalue weighted by Crippen LogP contribution is -2.42. The van der Waals surface area contributed by atoms with Crippen LogP contribution in [0.25, 0.3) is 22.6 Å². The van der Waals surface area contributed by atoms with Gasteiger partial charge in [-0.2, -0.15) is 0 Å². The summed E-state index contributed by atoms with van der Waals surface area (Å²) < 4.78 is 5.45.